The largest absolute Gasteiger partial charge is 0.455 e. The molecule has 0 saturated carbocycles. The minimum atomic E-state index is -0.419. The second-order valence-corrected chi connectivity index (χ2v) is 6.36. The lowest BCUT2D eigenvalue weighted by atomic mass is 10.3. The number of esters is 1. The summed E-state index contributed by atoms with van der Waals surface area (Å²) in [4.78, 5) is 16.5. The van der Waals surface area contributed by atoms with Crippen LogP contribution in [0.2, 0.25) is 5.02 Å². The summed E-state index contributed by atoms with van der Waals surface area (Å²) in [5, 5.41) is 9.01. The predicted molar refractivity (Wildman–Crippen MR) is 86.7 cm³/mol. The first-order valence-electron chi connectivity index (χ1n) is 6.70. The number of carbonyl (C=O) groups excluding carboxylic acids is 1. The molecule has 3 heterocycles. The highest BCUT2D eigenvalue weighted by atomic mass is 35.5. The van der Waals surface area contributed by atoms with Gasteiger partial charge in [-0.15, -0.1) is 21.5 Å². The number of benzene rings is 1. The van der Waals surface area contributed by atoms with Crippen molar-refractivity contribution in [2.45, 2.75) is 6.61 Å². The lowest BCUT2D eigenvalue weighted by Crippen LogP contribution is -2.06. The van der Waals surface area contributed by atoms with Gasteiger partial charge in [0.1, 0.15) is 17.9 Å². The molecule has 0 atom stereocenters. The molecule has 1 aromatic carbocycles. The van der Waals surface area contributed by atoms with Crippen LogP contribution in [0.15, 0.2) is 42.9 Å². The maximum Gasteiger partial charge on any atom is 0.340 e. The van der Waals surface area contributed by atoms with Crippen LogP contribution >= 0.6 is 22.9 Å². The van der Waals surface area contributed by atoms with E-state index in [4.69, 9.17) is 16.3 Å². The van der Waals surface area contributed by atoms with E-state index in [1.165, 1.54) is 17.7 Å². The summed E-state index contributed by atoms with van der Waals surface area (Å²) in [7, 11) is 0. The van der Waals surface area contributed by atoms with Crippen LogP contribution in [0.3, 0.4) is 0 Å². The van der Waals surface area contributed by atoms with Gasteiger partial charge in [-0.3, -0.25) is 4.40 Å². The van der Waals surface area contributed by atoms with Crippen LogP contribution in [0.1, 0.15) is 15.4 Å². The maximum atomic E-state index is 12.1. The number of rotatable bonds is 3. The second-order valence-electron chi connectivity index (χ2n) is 4.81. The van der Waals surface area contributed by atoms with Gasteiger partial charge in [0.05, 0.1) is 15.8 Å². The average Bonchev–Trinajstić information content (AvgIpc) is 3.17. The smallest absolute Gasteiger partial charge is 0.340 e. The van der Waals surface area contributed by atoms with Crippen molar-refractivity contribution in [1.29, 1.82) is 0 Å². The van der Waals surface area contributed by atoms with Crippen LogP contribution in [-0.4, -0.2) is 25.6 Å². The summed E-state index contributed by atoms with van der Waals surface area (Å²) >= 11 is 7.42. The number of aromatic nitrogens is 4. The van der Waals surface area contributed by atoms with Gasteiger partial charge < -0.3 is 4.74 Å². The van der Waals surface area contributed by atoms with Crippen molar-refractivity contribution in [3.63, 3.8) is 0 Å². The number of pyridine rings is 1. The Morgan fingerprint density at radius 2 is 2.22 bits per heavy atom. The fourth-order valence-corrected chi connectivity index (χ4v) is 3.20. The third-order valence-electron chi connectivity index (χ3n) is 3.25. The van der Waals surface area contributed by atoms with Crippen molar-refractivity contribution < 1.29 is 9.53 Å². The first-order chi connectivity index (χ1) is 11.2. The number of fused-ring (bicyclic) bond motifs is 2. The Labute approximate surface area is 139 Å². The molecule has 0 spiro atoms. The standard InChI is InChI=1S/C15H9ClN4O2S/c16-10-2-3-12-11(5-10)18-14(23-12)7-22-15(21)9-1-4-13-19-17-8-20(13)6-9/h1-6,8H,7H2. The monoisotopic (exact) mass is 344 g/mol. The molecule has 0 fully saturated rings. The number of hydrogen-bond donors (Lipinski definition) is 0. The SMILES string of the molecule is O=C(OCc1nc2cc(Cl)ccc2s1)c1ccc2nncn2c1. The average molecular weight is 345 g/mol. The summed E-state index contributed by atoms with van der Waals surface area (Å²) in [6.45, 7) is 0.121. The molecule has 0 saturated heterocycles. The third kappa shape index (κ3) is 2.76. The number of nitrogens with zero attached hydrogens (tertiary/aromatic N) is 4. The molecule has 23 heavy (non-hydrogen) atoms. The molecule has 0 amide bonds. The number of halogens is 1. The van der Waals surface area contributed by atoms with Crippen molar-refractivity contribution in [2.75, 3.05) is 0 Å². The molecule has 4 rings (SSSR count). The Morgan fingerprint density at radius 3 is 3.13 bits per heavy atom. The van der Waals surface area contributed by atoms with Crippen LogP contribution in [0.4, 0.5) is 0 Å². The van der Waals surface area contributed by atoms with Gasteiger partial charge in [-0.25, -0.2) is 9.78 Å². The Balaban J connectivity index is 1.51. The Hall–Kier alpha value is -2.51. The zero-order valence-electron chi connectivity index (χ0n) is 11.6. The van der Waals surface area contributed by atoms with E-state index in [0.29, 0.717) is 16.2 Å². The second kappa shape index (κ2) is 5.60. The van der Waals surface area contributed by atoms with E-state index in [9.17, 15) is 4.79 Å². The fraction of sp³-hybridized carbons (Fsp3) is 0.0667. The number of ether oxygens (including phenoxy) is 1. The topological polar surface area (TPSA) is 69.4 Å². The summed E-state index contributed by atoms with van der Waals surface area (Å²) in [6.07, 6.45) is 3.17. The van der Waals surface area contributed by atoms with Gasteiger partial charge in [0, 0.05) is 11.2 Å². The molecule has 0 aliphatic carbocycles. The van der Waals surface area contributed by atoms with Gasteiger partial charge in [-0.1, -0.05) is 11.6 Å². The summed E-state index contributed by atoms with van der Waals surface area (Å²) in [5.41, 5.74) is 1.91. The quantitative estimate of drug-likeness (QED) is 0.533. The Morgan fingerprint density at radius 1 is 1.30 bits per heavy atom. The van der Waals surface area contributed by atoms with Crippen LogP contribution in [0.25, 0.3) is 15.9 Å². The third-order valence-corrected chi connectivity index (χ3v) is 4.49. The van der Waals surface area contributed by atoms with Gasteiger partial charge in [-0.05, 0) is 30.3 Å². The summed E-state index contributed by atoms with van der Waals surface area (Å²) < 4.78 is 7.99. The van der Waals surface area contributed by atoms with Crippen LogP contribution in [0.5, 0.6) is 0 Å². The highest BCUT2D eigenvalue weighted by Gasteiger charge is 2.11. The van der Waals surface area contributed by atoms with E-state index in [1.807, 2.05) is 12.1 Å². The van der Waals surface area contributed by atoms with Crippen LogP contribution in [0, 0.1) is 0 Å². The van der Waals surface area contributed by atoms with Gasteiger partial charge >= 0.3 is 5.97 Å². The molecule has 0 bridgehead atoms. The minimum absolute atomic E-state index is 0.121. The molecule has 6 nitrogen and oxygen atoms in total. The predicted octanol–water partition coefficient (Wildman–Crippen LogP) is 3.35. The first kappa shape index (κ1) is 14.1. The molecular formula is C15H9ClN4O2S. The Kier molecular flexibility index (Phi) is 3.44. The number of thiazole rings is 1. The van der Waals surface area contributed by atoms with Crippen LogP contribution in [-0.2, 0) is 11.3 Å². The highest BCUT2D eigenvalue weighted by molar-refractivity contribution is 7.18. The minimum Gasteiger partial charge on any atom is -0.455 e. The molecule has 0 aliphatic heterocycles. The molecule has 8 heteroatoms. The van der Waals surface area contributed by atoms with E-state index in [1.54, 1.807) is 28.8 Å². The number of hydrogen-bond acceptors (Lipinski definition) is 6. The fourth-order valence-electron chi connectivity index (χ4n) is 2.17. The van der Waals surface area contributed by atoms with Crippen molar-refractivity contribution in [2.24, 2.45) is 0 Å². The molecule has 0 unspecified atom stereocenters. The first-order valence-corrected chi connectivity index (χ1v) is 7.90. The van der Waals surface area contributed by atoms with Gasteiger partial charge in [0.25, 0.3) is 0 Å². The van der Waals surface area contributed by atoms with Crippen LogP contribution < -0.4 is 0 Å². The van der Waals surface area contributed by atoms with Gasteiger partial charge in [-0.2, -0.15) is 0 Å². The molecule has 114 valence electrons. The molecular weight excluding hydrogens is 336 g/mol. The maximum absolute atomic E-state index is 12.1. The van der Waals surface area contributed by atoms with Gasteiger partial charge in [0.15, 0.2) is 5.65 Å². The molecule has 4 aromatic rings. The van der Waals surface area contributed by atoms with E-state index >= 15 is 0 Å². The van der Waals surface area contributed by atoms with Gasteiger partial charge in [0.2, 0.25) is 0 Å². The lowest BCUT2D eigenvalue weighted by molar-refractivity contribution is 0.0472. The molecule has 0 N–H and O–H groups in total. The lowest BCUT2D eigenvalue weighted by Gasteiger charge is -2.03. The Bertz CT molecular complexity index is 1030. The van der Waals surface area contributed by atoms with E-state index < -0.39 is 5.97 Å². The van der Waals surface area contributed by atoms with E-state index in [2.05, 4.69) is 15.2 Å². The van der Waals surface area contributed by atoms with Crippen molar-refractivity contribution in [1.82, 2.24) is 19.6 Å². The van der Waals surface area contributed by atoms with E-state index in [-0.39, 0.29) is 6.61 Å². The zero-order valence-corrected chi connectivity index (χ0v) is 13.2. The van der Waals surface area contributed by atoms with E-state index in [0.717, 1.165) is 15.2 Å². The normalized spacial score (nSPS) is 11.2. The zero-order chi connectivity index (χ0) is 15.8. The van der Waals surface area contributed by atoms with Crippen molar-refractivity contribution in [3.05, 3.63) is 58.4 Å². The number of carbonyl (C=O) groups is 1. The molecule has 0 aliphatic rings. The molecule has 3 aromatic heterocycles. The highest BCUT2D eigenvalue weighted by Crippen LogP contribution is 2.25. The van der Waals surface area contributed by atoms with Crippen molar-refractivity contribution >= 4 is 44.8 Å². The molecule has 0 radical (unpaired) electrons. The summed E-state index contributed by atoms with van der Waals surface area (Å²) in [5.74, 6) is -0.419. The van der Waals surface area contributed by atoms with Crippen molar-refractivity contribution in [3.8, 4) is 0 Å². The summed E-state index contributed by atoms with van der Waals surface area (Å²) in [6, 6.07) is 8.87.